The summed E-state index contributed by atoms with van der Waals surface area (Å²) in [4.78, 5) is 12.0. The standard InChI is InChI=1S/C19H15N3O/c1-23-19-6-5-13(10-15(19)17-4-2-3-8-21-17)18-11-14-12-20-9-7-16(14)22-18/h2-12,22H,1H3. The molecule has 0 saturated heterocycles. The van der Waals surface area contributed by atoms with Crippen LogP contribution in [0.3, 0.4) is 0 Å². The molecule has 0 amide bonds. The molecule has 0 bridgehead atoms. The zero-order chi connectivity index (χ0) is 15.6. The van der Waals surface area contributed by atoms with Crippen molar-refractivity contribution in [2.75, 3.05) is 7.11 Å². The summed E-state index contributed by atoms with van der Waals surface area (Å²) in [6, 6.07) is 16.1. The number of nitrogens with one attached hydrogen (secondary N) is 1. The van der Waals surface area contributed by atoms with E-state index >= 15 is 0 Å². The molecule has 4 heteroatoms. The van der Waals surface area contributed by atoms with Crippen LogP contribution in [0.5, 0.6) is 5.75 Å². The van der Waals surface area contributed by atoms with Crippen molar-refractivity contribution in [3.63, 3.8) is 0 Å². The third-order valence-corrected chi connectivity index (χ3v) is 3.87. The fraction of sp³-hybridized carbons (Fsp3) is 0.0526. The van der Waals surface area contributed by atoms with E-state index in [1.54, 1.807) is 19.5 Å². The van der Waals surface area contributed by atoms with E-state index < -0.39 is 0 Å². The van der Waals surface area contributed by atoms with Gasteiger partial charge >= 0.3 is 0 Å². The van der Waals surface area contributed by atoms with Gasteiger partial charge in [0.25, 0.3) is 0 Å². The van der Waals surface area contributed by atoms with Gasteiger partial charge in [-0.15, -0.1) is 0 Å². The van der Waals surface area contributed by atoms with Gasteiger partial charge in [0.15, 0.2) is 0 Å². The summed E-state index contributed by atoms with van der Waals surface area (Å²) in [5.74, 6) is 0.810. The Kier molecular flexibility index (Phi) is 3.27. The van der Waals surface area contributed by atoms with E-state index in [1.807, 2.05) is 42.6 Å². The first-order valence-electron chi connectivity index (χ1n) is 7.38. The molecule has 4 nitrogen and oxygen atoms in total. The van der Waals surface area contributed by atoms with Gasteiger partial charge in [0.05, 0.1) is 12.8 Å². The molecule has 4 aromatic rings. The summed E-state index contributed by atoms with van der Waals surface area (Å²) in [5.41, 5.74) is 5.08. The largest absolute Gasteiger partial charge is 0.496 e. The van der Waals surface area contributed by atoms with Crippen LogP contribution in [0.2, 0.25) is 0 Å². The fourth-order valence-corrected chi connectivity index (χ4v) is 2.73. The molecule has 0 unspecified atom stereocenters. The second kappa shape index (κ2) is 5.57. The maximum Gasteiger partial charge on any atom is 0.128 e. The summed E-state index contributed by atoms with van der Waals surface area (Å²) in [6.45, 7) is 0. The van der Waals surface area contributed by atoms with E-state index in [0.717, 1.165) is 39.2 Å². The van der Waals surface area contributed by atoms with Gasteiger partial charge < -0.3 is 9.72 Å². The average Bonchev–Trinajstić information content (AvgIpc) is 3.06. The molecule has 1 aromatic carbocycles. The van der Waals surface area contributed by atoms with E-state index in [4.69, 9.17) is 4.74 Å². The van der Waals surface area contributed by atoms with Crippen molar-refractivity contribution in [3.8, 4) is 28.3 Å². The zero-order valence-corrected chi connectivity index (χ0v) is 12.7. The van der Waals surface area contributed by atoms with E-state index in [1.165, 1.54) is 0 Å². The Morgan fingerprint density at radius 1 is 1.00 bits per heavy atom. The molecule has 112 valence electrons. The lowest BCUT2D eigenvalue weighted by Crippen LogP contribution is -1.91. The van der Waals surface area contributed by atoms with E-state index in [9.17, 15) is 0 Å². The Bertz CT molecular complexity index is 928. The molecule has 3 heterocycles. The maximum atomic E-state index is 5.49. The summed E-state index contributed by atoms with van der Waals surface area (Å²) in [6.07, 6.45) is 5.44. The van der Waals surface area contributed by atoms with Crippen molar-refractivity contribution < 1.29 is 4.74 Å². The van der Waals surface area contributed by atoms with E-state index in [0.29, 0.717) is 0 Å². The molecule has 3 aromatic heterocycles. The lowest BCUT2D eigenvalue weighted by Gasteiger charge is -2.10. The van der Waals surface area contributed by atoms with Crippen LogP contribution in [-0.2, 0) is 0 Å². The maximum absolute atomic E-state index is 5.49. The Balaban J connectivity index is 1.86. The van der Waals surface area contributed by atoms with E-state index in [-0.39, 0.29) is 0 Å². The summed E-state index contributed by atoms with van der Waals surface area (Å²) < 4.78 is 5.49. The number of ether oxygens (including phenoxy) is 1. The van der Waals surface area contributed by atoms with Crippen LogP contribution in [0.15, 0.2) is 67.1 Å². The number of methoxy groups -OCH3 is 1. The third kappa shape index (κ3) is 2.44. The predicted octanol–water partition coefficient (Wildman–Crippen LogP) is 4.30. The highest BCUT2D eigenvalue weighted by atomic mass is 16.5. The molecule has 0 aliphatic carbocycles. The number of rotatable bonds is 3. The second-order valence-corrected chi connectivity index (χ2v) is 5.28. The minimum Gasteiger partial charge on any atom is -0.496 e. The van der Waals surface area contributed by atoms with Gasteiger partial charge in [0.1, 0.15) is 5.75 Å². The number of benzene rings is 1. The van der Waals surface area contributed by atoms with Crippen LogP contribution >= 0.6 is 0 Å². The predicted molar refractivity (Wildman–Crippen MR) is 91.3 cm³/mol. The highest BCUT2D eigenvalue weighted by Gasteiger charge is 2.10. The van der Waals surface area contributed by atoms with Crippen LogP contribution in [0.25, 0.3) is 33.4 Å². The zero-order valence-electron chi connectivity index (χ0n) is 12.7. The summed E-state index contributed by atoms with van der Waals surface area (Å²) in [5, 5.41) is 1.10. The van der Waals surface area contributed by atoms with Gasteiger partial charge in [0.2, 0.25) is 0 Å². The Labute approximate surface area is 133 Å². The molecule has 0 spiro atoms. The van der Waals surface area contributed by atoms with Gasteiger partial charge in [-0.1, -0.05) is 6.07 Å². The van der Waals surface area contributed by atoms with Crippen LogP contribution in [-0.4, -0.2) is 22.1 Å². The molecule has 0 fully saturated rings. The molecular weight excluding hydrogens is 286 g/mol. The summed E-state index contributed by atoms with van der Waals surface area (Å²) >= 11 is 0. The van der Waals surface area contributed by atoms with Crippen molar-refractivity contribution in [2.24, 2.45) is 0 Å². The topological polar surface area (TPSA) is 50.8 Å². The highest BCUT2D eigenvalue weighted by molar-refractivity contribution is 5.86. The molecule has 1 N–H and O–H groups in total. The van der Waals surface area contributed by atoms with Crippen LogP contribution in [0.1, 0.15) is 0 Å². The Morgan fingerprint density at radius 3 is 2.74 bits per heavy atom. The summed E-state index contributed by atoms with van der Waals surface area (Å²) in [7, 11) is 1.68. The van der Waals surface area contributed by atoms with Crippen LogP contribution < -0.4 is 4.74 Å². The number of pyridine rings is 2. The molecule has 0 saturated carbocycles. The van der Waals surface area contributed by atoms with Crippen molar-refractivity contribution in [1.82, 2.24) is 15.0 Å². The monoisotopic (exact) mass is 301 g/mol. The van der Waals surface area contributed by atoms with Gasteiger partial charge in [-0.2, -0.15) is 0 Å². The molecule has 0 radical (unpaired) electrons. The van der Waals surface area contributed by atoms with Crippen molar-refractivity contribution in [3.05, 3.63) is 67.1 Å². The van der Waals surface area contributed by atoms with Gasteiger partial charge in [-0.25, -0.2) is 0 Å². The van der Waals surface area contributed by atoms with Gasteiger partial charge in [-0.3, -0.25) is 9.97 Å². The molecular formula is C19H15N3O. The quantitative estimate of drug-likeness (QED) is 0.614. The molecule has 0 aliphatic rings. The molecule has 0 atom stereocenters. The SMILES string of the molecule is COc1ccc(-c2cc3cnccc3[nH]2)cc1-c1ccccn1. The number of aromatic nitrogens is 3. The highest BCUT2D eigenvalue weighted by Crippen LogP contribution is 2.33. The Morgan fingerprint density at radius 2 is 1.96 bits per heavy atom. The smallest absolute Gasteiger partial charge is 0.128 e. The second-order valence-electron chi connectivity index (χ2n) is 5.28. The first-order valence-corrected chi connectivity index (χ1v) is 7.38. The minimum absolute atomic E-state index is 0.810. The number of fused-ring (bicyclic) bond motifs is 1. The number of aromatic amines is 1. The first kappa shape index (κ1) is 13.5. The van der Waals surface area contributed by atoms with Crippen LogP contribution in [0.4, 0.5) is 0 Å². The van der Waals surface area contributed by atoms with Crippen LogP contribution in [0, 0.1) is 0 Å². The number of hydrogen-bond donors (Lipinski definition) is 1. The fourth-order valence-electron chi connectivity index (χ4n) is 2.73. The van der Waals surface area contributed by atoms with Crippen molar-refractivity contribution >= 4 is 10.9 Å². The lowest BCUT2D eigenvalue weighted by atomic mass is 10.0. The number of hydrogen-bond acceptors (Lipinski definition) is 3. The normalized spacial score (nSPS) is 10.8. The average molecular weight is 301 g/mol. The molecule has 23 heavy (non-hydrogen) atoms. The first-order chi connectivity index (χ1) is 11.3. The third-order valence-electron chi connectivity index (χ3n) is 3.87. The van der Waals surface area contributed by atoms with E-state index in [2.05, 4.69) is 27.1 Å². The number of nitrogens with zero attached hydrogens (tertiary/aromatic N) is 2. The van der Waals surface area contributed by atoms with Gasteiger partial charge in [0, 0.05) is 40.8 Å². The van der Waals surface area contributed by atoms with Gasteiger partial charge in [-0.05, 0) is 48.0 Å². The van der Waals surface area contributed by atoms with Crippen molar-refractivity contribution in [2.45, 2.75) is 0 Å². The number of H-pyrrole nitrogens is 1. The molecule has 4 rings (SSSR count). The Hall–Kier alpha value is -3.14. The minimum atomic E-state index is 0.810. The van der Waals surface area contributed by atoms with Crippen molar-refractivity contribution in [1.29, 1.82) is 0 Å². The molecule has 0 aliphatic heterocycles. The lowest BCUT2D eigenvalue weighted by molar-refractivity contribution is 0.416.